The van der Waals surface area contributed by atoms with Crippen molar-refractivity contribution in [3.63, 3.8) is 0 Å². The van der Waals surface area contributed by atoms with E-state index in [2.05, 4.69) is 6.92 Å². The van der Waals surface area contributed by atoms with E-state index in [1.54, 1.807) is 0 Å². The van der Waals surface area contributed by atoms with Gasteiger partial charge in [-0.1, -0.05) is 96.8 Å². The molecule has 0 heterocycles. The van der Waals surface area contributed by atoms with Crippen molar-refractivity contribution in [3.05, 3.63) is 0 Å². The molecule has 3 amide bonds. The molecule has 0 saturated carbocycles. The topological polar surface area (TPSA) is 152 Å². The van der Waals surface area contributed by atoms with Crippen LogP contribution in [0.4, 0.5) is 0 Å². The number of carboxylic acids is 1. The molecule has 9 nitrogen and oxygen atoms in total. The highest BCUT2D eigenvalue weighted by atomic mass is 16.4. The summed E-state index contributed by atoms with van der Waals surface area (Å²) in [5.41, 5.74) is 0. The number of carbonyl (C=O) groups is 4. The average molecular weight is 476 g/mol. The third-order valence-corrected chi connectivity index (χ3v) is 5.15. The largest absolute Gasteiger partial charge is 0.481 e. The molecule has 0 radical (unpaired) electrons. The maximum atomic E-state index is 10.7. The number of nitrogens with zero attached hydrogens (tertiary/aromatic N) is 1. The molecule has 0 aromatic carbocycles. The minimum Gasteiger partial charge on any atom is -0.481 e. The van der Waals surface area contributed by atoms with E-state index in [0.717, 1.165) is 12.8 Å². The van der Waals surface area contributed by atoms with Gasteiger partial charge in [-0.15, -0.1) is 0 Å². The fourth-order valence-electron chi connectivity index (χ4n) is 3.28. The normalized spacial score (nSPS) is 10.3. The van der Waals surface area contributed by atoms with Gasteiger partial charge in [-0.05, 0) is 6.42 Å². The Labute approximate surface area is 198 Å². The van der Waals surface area contributed by atoms with Gasteiger partial charge in [0, 0.05) is 6.42 Å². The van der Waals surface area contributed by atoms with Crippen molar-refractivity contribution in [2.45, 2.75) is 110 Å². The first-order valence-corrected chi connectivity index (χ1v) is 12.3. The van der Waals surface area contributed by atoms with Crippen LogP contribution < -0.4 is 0 Å². The van der Waals surface area contributed by atoms with Crippen LogP contribution in [0.15, 0.2) is 0 Å². The molecule has 0 spiro atoms. The number of aliphatic hydroxyl groups is 3. The Bertz CT molecular complexity index is 487. The van der Waals surface area contributed by atoms with Crippen molar-refractivity contribution < 1.29 is 39.6 Å². The smallest absolute Gasteiger partial charge is 0.303 e. The van der Waals surface area contributed by atoms with Gasteiger partial charge in [0.05, 0.1) is 0 Å². The molecular weight excluding hydrogens is 430 g/mol. The van der Waals surface area contributed by atoms with E-state index in [4.69, 9.17) is 20.4 Å². The van der Waals surface area contributed by atoms with E-state index in [-0.39, 0.29) is 4.90 Å². The summed E-state index contributed by atoms with van der Waals surface area (Å²) < 4.78 is 0. The Morgan fingerprint density at radius 3 is 1.03 bits per heavy atom. The molecule has 0 aliphatic rings. The van der Waals surface area contributed by atoms with Gasteiger partial charge in [0.1, 0.15) is 19.8 Å². The second-order valence-corrected chi connectivity index (χ2v) is 8.08. The predicted molar refractivity (Wildman–Crippen MR) is 125 cm³/mol. The maximum Gasteiger partial charge on any atom is 0.303 e. The highest BCUT2D eigenvalue weighted by Crippen LogP contribution is 2.13. The van der Waals surface area contributed by atoms with Crippen LogP contribution in [-0.2, 0) is 19.2 Å². The molecule has 194 valence electrons. The van der Waals surface area contributed by atoms with Gasteiger partial charge in [-0.25, -0.2) is 4.90 Å². The van der Waals surface area contributed by atoms with Crippen LogP contribution in [0, 0.1) is 0 Å². The van der Waals surface area contributed by atoms with Gasteiger partial charge >= 0.3 is 5.97 Å². The summed E-state index contributed by atoms with van der Waals surface area (Å²) in [5, 5.41) is 33.5. The van der Waals surface area contributed by atoms with Crippen LogP contribution in [-0.4, -0.2) is 68.8 Å². The van der Waals surface area contributed by atoms with Crippen LogP contribution in [0.5, 0.6) is 0 Å². The van der Waals surface area contributed by atoms with Crippen molar-refractivity contribution in [1.29, 1.82) is 0 Å². The number of imide groups is 3. The highest BCUT2D eigenvalue weighted by molar-refractivity contribution is 6.11. The van der Waals surface area contributed by atoms with E-state index in [9.17, 15) is 19.2 Å². The lowest BCUT2D eigenvalue weighted by Gasteiger charge is -2.14. The first kappa shape index (κ1) is 33.3. The lowest BCUT2D eigenvalue weighted by molar-refractivity contribution is -0.158. The zero-order valence-corrected chi connectivity index (χ0v) is 20.3. The van der Waals surface area contributed by atoms with Crippen LogP contribution in [0.1, 0.15) is 110 Å². The van der Waals surface area contributed by atoms with Crippen molar-refractivity contribution in [2.24, 2.45) is 0 Å². The Morgan fingerprint density at radius 2 is 0.788 bits per heavy atom. The minimum atomic E-state index is -1.18. The number of hydrogen-bond acceptors (Lipinski definition) is 7. The van der Waals surface area contributed by atoms with Gasteiger partial charge in [-0.3, -0.25) is 19.2 Å². The molecule has 0 bridgehead atoms. The van der Waals surface area contributed by atoms with Crippen molar-refractivity contribution in [1.82, 2.24) is 4.90 Å². The zero-order chi connectivity index (χ0) is 25.3. The van der Waals surface area contributed by atoms with Gasteiger partial charge in [0.25, 0.3) is 17.7 Å². The Balaban J connectivity index is 0. The summed E-state index contributed by atoms with van der Waals surface area (Å²) >= 11 is 0. The molecule has 0 aromatic heterocycles. The molecule has 0 aliphatic heterocycles. The lowest BCUT2D eigenvalue weighted by Crippen LogP contribution is -2.46. The monoisotopic (exact) mass is 475 g/mol. The highest BCUT2D eigenvalue weighted by Gasteiger charge is 2.26. The predicted octanol–water partition coefficient (Wildman–Crippen LogP) is 3.18. The first-order valence-electron chi connectivity index (χ1n) is 12.3. The number of aliphatic hydroxyl groups excluding tert-OH is 3. The summed E-state index contributed by atoms with van der Waals surface area (Å²) in [6, 6.07) is 0. The van der Waals surface area contributed by atoms with E-state index < -0.39 is 43.5 Å². The summed E-state index contributed by atoms with van der Waals surface area (Å²) in [6.07, 6.45) is 20.2. The van der Waals surface area contributed by atoms with Gasteiger partial charge in [0.15, 0.2) is 0 Å². The zero-order valence-electron chi connectivity index (χ0n) is 20.3. The Hall–Kier alpha value is -1.84. The van der Waals surface area contributed by atoms with Crippen LogP contribution in [0.3, 0.4) is 0 Å². The summed E-state index contributed by atoms with van der Waals surface area (Å²) in [5.74, 6) is -4.20. The number of unbranched alkanes of at least 4 members (excludes halogenated alkanes) is 14. The van der Waals surface area contributed by atoms with E-state index in [0.29, 0.717) is 6.42 Å². The first-order chi connectivity index (χ1) is 15.8. The minimum absolute atomic E-state index is 0. The molecule has 9 heteroatoms. The molecule has 0 rings (SSSR count). The second-order valence-electron chi connectivity index (χ2n) is 8.08. The molecule has 0 fully saturated rings. The van der Waals surface area contributed by atoms with Crippen LogP contribution in [0.2, 0.25) is 0 Å². The molecule has 0 aliphatic carbocycles. The summed E-state index contributed by atoms with van der Waals surface area (Å²) in [4.78, 5) is 42.5. The van der Waals surface area contributed by atoms with Gasteiger partial charge in [0.2, 0.25) is 0 Å². The van der Waals surface area contributed by atoms with Crippen molar-refractivity contribution in [2.75, 3.05) is 19.8 Å². The average Bonchev–Trinajstić information content (AvgIpc) is 2.81. The van der Waals surface area contributed by atoms with Crippen LogP contribution in [0.25, 0.3) is 0 Å². The number of carboxylic acid groups (broad SMARTS) is 1. The van der Waals surface area contributed by atoms with Crippen LogP contribution >= 0.6 is 0 Å². The Morgan fingerprint density at radius 1 is 0.515 bits per heavy atom. The quantitative estimate of drug-likeness (QED) is 0.208. The molecule has 4 N–H and O–H groups in total. The van der Waals surface area contributed by atoms with Crippen molar-refractivity contribution >= 4 is 23.7 Å². The number of carbonyl (C=O) groups excluding carboxylic acids is 3. The maximum absolute atomic E-state index is 10.7. The molecule has 0 unspecified atom stereocenters. The number of aliphatic carboxylic acids is 1. The third kappa shape index (κ3) is 21.8. The van der Waals surface area contributed by atoms with E-state index in [1.165, 1.54) is 83.5 Å². The Kier molecular flexibility index (Phi) is 25.0. The molecule has 0 aromatic rings. The van der Waals surface area contributed by atoms with Gasteiger partial charge < -0.3 is 20.4 Å². The summed E-state index contributed by atoms with van der Waals surface area (Å²) in [6.45, 7) is -0.862. The van der Waals surface area contributed by atoms with Crippen molar-refractivity contribution in [3.8, 4) is 0 Å². The molecular formula is C24H45NO8. The van der Waals surface area contributed by atoms with E-state index >= 15 is 0 Å². The summed E-state index contributed by atoms with van der Waals surface area (Å²) in [7, 11) is 0. The molecule has 0 saturated heterocycles. The third-order valence-electron chi connectivity index (χ3n) is 5.15. The second kappa shape index (κ2) is 24.8. The van der Waals surface area contributed by atoms with Gasteiger partial charge in [-0.2, -0.15) is 0 Å². The number of hydrogen-bond donors (Lipinski definition) is 4. The standard InChI is InChI=1S/C18H36O2.C6H9NO6/c1-2-3-4-5-6-7-8-9-10-11-12-13-14-15-16-17-18(19)20;8-1-4(11)7(5(12)2-9)6(13)3-10/h2-17H2,1H3,(H,19,20);8-10H,1-3H2. The van der Waals surface area contributed by atoms with E-state index in [1.807, 2.05) is 0 Å². The fourth-order valence-corrected chi connectivity index (χ4v) is 3.28. The fraction of sp³-hybridized carbons (Fsp3) is 0.833. The lowest BCUT2D eigenvalue weighted by atomic mass is 10.0. The number of rotatable bonds is 19. The SMILES string of the molecule is CCCCCCCCCCCCCCCCCC(=O)O.O=C(CO)N(C(=O)CO)C(=O)CO. The number of amides is 3. The molecule has 0 atom stereocenters. The molecule has 33 heavy (non-hydrogen) atoms.